The normalized spacial score (nSPS) is 10.8. The Labute approximate surface area is 116 Å². The number of nitrogens with zero attached hydrogens (tertiary/aromatic N) is 2. The molecule has 0 unspecified atom stereocenters. The van der Waals surface area contributed by atoms with Crippen molar-refractivity contribution in [2.75, 3.05) is 14.2 Å². The Bertz CT molecular complexity index is 743. The van der Waals surface area contributed by atoms with Crippen LogP contribution in [0.2, 0.25) is 0 Å². The lowest BCUT2D eigenvalue weighted by Crippen LogP contribution is -1.94. The third-order valence-corrected chi connectivity index (χ3v) is 3.27. The number of imidazole rings is 1. The largest absolute Gasteiger partial charge is 0.496 e. The van der Waals surface area contributed by atoms with Crippen LogP contribution in [0.5, 0.6) is 11.5 Å². The van der Waals surface area contributed by atoms with E-state index in [1.165, 1.54) is 0 Å². The van der Waals surface area contributed by atoms with Gasteiger partial charge in [0.05, 0.1) is 19.7 Å². The van der Waals surface area contributed by atoms with Crippen LogP contribution in [0.1, 0.15) is 5.56 Å². The van der Waals surface area contributed by atoms with Crippen molar-refractivity contribution in [3.63, 3.8) is 0 Å². The van der Waals surface area contributed by atoms with E-state index in [0.717, 1.165) is 16.6 Å². The van der Waals surface area contributed by atoms with Gasteiger partial charge in [0.15, 0.2) is 5.65 Å². The SMILES string of the molecule is COc1cccc(OC)c1-c1nc2nccc(C)c2[nH]1. The van der Waals surface area contributed by atoms with E-state index in [1.807, 2.05) is 31.2 Å². The predicted octanol–water partition coefficient (Wildman–Crippen LogP) is 2.95. The van der Waals surface area contributed by atoms with Gasteiger partial charge < -0.3 is 14.5 Å². The molecule has 3 aromatic rings. The summed E-state index contributed by atoms with van der Waals surface area (Å²) >= 11 is 0. The second kappa shape index (κ2) is 4.85. The van der Waals surface area contributed by atoms with Gasteiger partial charge in [-0.25, -0.2) is 9.97 Å². The number of ether oxygens (including phenoxy) is 2. The molecule has 2 aromatic heterocycles. The number of aryl methyl sites for hydroxylation is 1. The highest BCUT2D eigenvalue weighted by molar-refractivity contribution is 5.82. The van der Waals surface area contributed by atoms with Gasteiger partial charge >= 0.3 is 0 Å². The number of methoxy groups -OCH3 is 2. The number of nitrogens with one attached hydrogen (secondary N) is 1. The van der Waals surface area contributed by atoms with Gasteiger partial charge in [0.2, 0.25) is 0 Å². The van der Waals surface area contributed by atoms with E-state index in [1.54, 1.807) is 20.4 Å². The summed E-state index contributed by atoms with van der Waals surface area (Å²) in [5.74, 6) is 2.11. The maximum atomic E-state index is 5.41. The first-order valence-electron chi connectivity index (χ1n) is 6.27. The van der Waals surface area contributed by atoms with Gasteiger partial charge in [-0.15, -0.1) is 0 Å². The van der Waals surface area contributed by atoms with Crippen LogP contribution in [-0.4, -0.2) is 29.2 Å². The lowest BCUT2D eigenvalue weighted by atomic mass is 10.1. The molecule has 5 nitrogen and oxygen atoms in total. The zero-order valence-corrected chi connectivity index (χ0v) is 11.6. The summed E-state index contributed by atoms with van der Waals surface area (Å²) < 4.78 is 10.8. The molecule has 102 valence electrons. The molecule has 5 heteroatoms. The summed E-state index contributed by atoms with van der Waals surface area (Å²) in [6, 6.07) is 7.59. The van der Waals surface area contributed by atoms with Crippen LogP contribution < -0.4 is 9.47 Å². The monoisotopic (exact) mass is 269 g/mol. The first-order valence-corrected chi connectivity index (χ1v) is 6.27. The van der Waals surface area contributed by atoms with Crippen LogP contribution in [0.3, 0.4) is 0 Å². The van der Waals surface area contributed by atoms with Crippen molar-refractivity contribution in [2.45, 2.75) is 6.92 Å². The highest BCUT2D eigenvalue weighted by Crippen LogP contribution is 2.37. The molecule has 0 spiro atoms. The van der Waals surface area contributed by atoms with E-state index in [4.69, 9.17) is 9.47 Å². The fraction of sp³-hybridized carbons (Fsp3) is 0.200. The van der Waals surface area contributed by atoms with Crippen LogP contribution in [-0.2, 0) is 0 Å². The first-order chi connectivity index (χ1) is 9.74. The average molecular weight is 269 g/mol. The average Bonchev–Trinajstić information content (AvgIpc) is 2.91. The van der Waals surface area contributed by atoms with Crippen LogP contribution in [0.25, 0.3) is 22.6 Å². The summed E-state index contributed by atoms with van der Waals surface area (Å²) in [6.07, 6.45) is 1.75. The van der Waals surface area contributed by atoms with E-state index in [-0.39, 0.29) is 0 Å². The minimum absolute atomic E-state index is 0.688. The number of pyridine rings is 1. The summed E-state index contributed by atoms with van der Waals surface area (Å²) in [6.45, 7) is 2.02. The zero-order chi connectivity index (χ0) is 14.1. The topological polar surface area (TPSA) is 60.0 Å². The van der Waals surface area contributed by atoms with Crippen molar-refractivity contribution < 1.29 is 9.47 Å². The summed E-state index contributed by atoms with van der Waals surface area (Å²) in [5, 5.41) is 0. The van der Waals surface area contributed by atoms with Gasteiger partial charge in [0.25, 0.3) is 0 Å². The van der Waals surface area contributed by atoms with Crippen molar-refractivity contribution in [3.05, 3.63) is 36.0 Å². The Hall–Kier alpha value is -2.56. The summed E-state index contributed by atoms with van der Waals surface area (Å²) in [7, 11) is 3.26. The molecule has 0 aliphatic rings. The quantitative estimate of drug-likeness (QED) is 0.794. The van der Waals surface area contributed by atoms with E-state index < -0.39 is 0 Å². The van der Waals surface area contributed by atoms with Gasteiger partial charge in [0.1, 0.15) is 22.9 Å². The maximum absolute atomic E-state index is 5.41. The third-order valence-electron chi connectivity index (χ3n) is 3.27. The number of aromatic amines is 1. The fourth-order valence-electron chi connectivity index (χ4n) is 2.24. The number of aromatic nitrogens is 3. The number of rotatable bonds is 3. The number of benzene rings is 1. The molecule has 0 fully saturated rings. The van der Waals surface area contributed by atoms with E-state index >= 15 is 0 Å². The second-order valence-corrected chi connectivity index (χ2v) is 4.45. The smallest absolute Gasteiger partial charge is 0.178 e. The van der Waals surface area contributed by atoms with Gasteiger partial charge in [-0.1, -0.05) is 6.07 Å². The molecule has 0 amide bonds. The van der Waals surface area contributed by atoms with Crippen LogP contribution >= 0.6 is 0 Å². The predicted molar refractivity (Wildman–Crippen MR) is 77.2 cm³/mol. The van der Waals surface area contributed by atoms with Crippen molar-refractivity contribution >= 4 is 11.2 Å². The third kappa shape index (κ3) is 1.87. The van der Waals surface area contributed by atoms with Crippen LogP contribution in [0.4, 0.5) is 0 Å². The number of fused-ring (bicyclic) bond motifs is 1. The van der Waals surface area contributed by atoms with Crippen LogP contribution in [0, 0.1) is 6.92 Å². The molecule has 1 aromatic carbocycles. The Morgan fingerprint density at radius 3 is 2.35 bits per heavy atom. The maximum Gasteiger partial charge on any atom is 0.178 e. The second-order valence-electron chi connectivity index (χ2n) is 4.45. The lowest BCUT2D eigenvalue weighted by molar-refractivity contribution is 0.397. The minimum atomic E-state index is 0.688. The summed E-state index contributed by atoms with van der Waals surface area (Å²) in [5.41, 5.74) is 3.51. The Balaban J connectivity index is 2.27. The van der Waals surface area contributed by atoms with Gasteiger partial charge in [-0.3, -0.25) is 0 Å². The standard InChI is InChI=1S/C15H15N3O2/c1-9-7-8-16-15-13(9)17-14(18-15)12-10(19-2)5-4-6-11(12)20-3/h4-8H,1-3H3,(H,16,17,18). The van der Waals surface area contributed by atoms with Crippen molar-refractivity contribution in [1.82, 2.24) is 15.0 Å². The molecule has 0 radical (unpaired) electrons. The molecular formula is C15H15N3O2. The van der Waals surface area contributed by atoms with Gasteiger partial charge in [0, 0.05) is 6.20 Å². The molecule has 0 aliphatic carbocycles. The molecule has 2 heterocycles. The molecule has 3 rings (SSSR count). The molecular weight excluding hydrogens is 254 g/mol. The van der Waals surface area contributed by atoms with E-state index in [2.05, 4.69) is 15.0 Å². The summed E-state index contributed by atoms with van der Waals surface area (Å²) in [4.78, 5) is 12.1. The van der Waals surface area contributed by atoms with E-state index in [9.17, 15) is 0 Å². The van der Waals surface area contributed by atoms with Crippen LogP contribution in [0.15, 0.2) is 30.5 Å². The zero-order valence-electron chi connectivity index (χ0n) is 11.6. The molecule has 0 atom stereocenters. The van der Waals surface area contributed by atoms with Gasteiger partial charge in [-0.2, -0.15) is 0 Å². The first kappa shape index (κ1) is 12.5. The molecule has 1 N–H and O–H groups in total. The molecule has 20 heavy (non-hydrogen) atoms. The molecule has 0 saturated heterocycles. The van der Waals surface area contributed by atoms with Crippen molar-refractivity contribution in [1.29, 1.82) is 0 Å². The highest BCUT2D eigenvalue weighted by atomic mass is 16.5. The van der Waals surface area contributed by atoms with Crippen molar-refractivity contribution in [3.8, 4) is 22.9 Å². The molecule has 0 aliphatic heterocycles. The lowest BCUT2D eigenvalue weighted by Gasteiger charge is -2.10. The molecule has 0 saturated carbocycles. The minimum Gasteiger partial charge on any atom is -0.496 e. The van der Waals surface area contributed by atoms with E-state index in [0.29, 0.717) is 23.0 Å². The Kier molecular flexibility index (Phi) is 3.02. The Morgan fingerprint density at radius 2 is 1.75 bits per heavy atom. The van der Waals surface area contributed by atoms with Crippen molar-refractivity contribution in [2.24, 2.45) is 0 Å². The Morgan fingerprint density at radius 1 is 1.05 bits per heavy atom. The highest BCUT2D eigenvalue weighted by Gasteiger charge is 2.16. The molecule has 0 bridgehead atoms. The number of hydrogen-bond donors (Lipinski definition) is 1. The number of H-pyrrole nitrogens is 1. The number of hydrogen-bond acceptors (Lipinski definition) is 4. The fourth-order valence-corrected chi connectivity index (χ4v) is 2.24. The van der Waals surface area contributed by atoms with Gasteiger partial charge in [-0.05, 0) is 30.7 Å².